The topological polar surface area (TPSA) is 62.1 Å². The number of nitrogens with zero attached hydrogens (tertiary/aromatic N) is 4. The minimum Gasteiger partial charge on any atom is -0.467 e. The van der Waals surface area contributed by atoms with Crippen molar-refractivity contribution >= 4 is 23.4 Å². The summed E-state index contributed by atoms with van der Waals surface area (Å²) in [7, 11) is 0. The molecule has 6 nitrogen and oxygen atoms in total. The Labute approximate surface area is 160 Å². The van der Waals surface area contributed by atoms with E-state index in [0.717, 1.165) is 40.0 Å². The van der Waals surface area contributed by atoms with Crippen molar-refractivity contribution in [3.05, 3.63) is 52.8 Å². The first kappa shape index (κ1) is 17.3. The van der Waals surface area contributed by atoms with Gasteiger partial charge in [0.05, 0.1) is 6.61 Å². The molecular formula is C18H17ClN4O2S. The van der Waals surface area contributed by atoms with E-state index in [1.54, 1.807) is 24.2 Å². The smallest absolute Gasteiger partial charge is 0.191 e. The van der Waals surface area contributed by atoms with Crippen LogP contribution in [0.5, 0.6) is 5.75 Å². The van der Waals surface area contributed by atoms with Crippen LogP contribution in [-0.4, -0.2) is 26.5 Å². The fourth-order valence-corrected chi connectivity index (χ4v) is 4.13. The van der Waals surface area contributed by atoms with Gasteiger partial charge in [-0.05, 0) is 31.2 Å². The van der Waals surface area contributed by atoms with Crippen LogP contribution in [0, 0.1) is 0 Å². The molecule has 0 bridgehead atoms. The zero-order chi connectivity index (χ0) is 17.9. The Balaban J connectivity index is 1.60. The van der Waals surface area contributed by atoms with E-state index < -0.39 is 0 Å². The van der Waals surface area contributed by atoms with E-state index in [1.807, 2.05) is 24.3 Å². The normalized spacial score (nSPS) is 13.3. The van der Waals surface area contributed by atoms with Gasteiger partial charge < -0.3 is 14.0 Å². The Morgan fingerprint density at radius 3 is 3.04 bits per heavy atom. The lowest BCUT2D eigenvalue weighted by atomic mass is 10.1. The van der Waals surface area contributed by atoms with Gasteiger partial charge in [-0.15, -0.1) is 10.2 Å². The second kappa shape index (κ2) is 7.65. The van der Waals surface area contributed by atoms with E-state index in [9.17, 15) is 0 Å². The minimum absolute atomic E-state index is 0.266. The molecule has 134 valence electrons. The lowest BCUT2D eigenvalue weighted by Gasteiger charge is -2.21. The molecule has 0 unspecified atom stereocenters. The summed E-state index contributed by atoms with van der Waals surface area (Å²) in [5, 5.41) is 10.2. The van der Waals surface area contributed by atoms with Gasteiger partial charge in [-0.25, -0.2) is 0 Å². The summed E-state index contributed by atoms with van der Waals surface area (Å²) in [6, 6.07) is 7.71. The van der Waals surface area contributed by atoms with Crippen molar-refractivity contribution in [2.24, 2.45) is 0 Å². The van der Waals surface area contributed by atoms with Gasteiger partial charge in [-0.1, -0.05) is 23.4 Å². The van der Waals surface area contributed by atoms with Crippen LogP contribution in [0.15, 0.2) is 41.8 Å². The Hall–Kier alpha value is -2.09. The Morgan fingerprint density at radius 2 is 2.23 bits per heavy atom. The molecular weight excluding hydrogens is 372 g/mol. The number of thioether (sulfide) groups is 1. The standard InChI is InChI=1S/C18H17ClN4O2S/c1-2-23-17(12-4-3-5-20-8-12)21-22-18(23)26-10-14-7-15(19)6-13-9-24-11-25-16(13)14/h3-8H,2,9-11H2,1H3. The molecule has 8 heteroatoms. The fraction of sp³-hybridized carbons (Fsp3) is 0.278. The molecule has 26 heavy (non-hydrogen) atoms. The van der Waals surface area contributed by atoms with Crippen molar-refractivity contribution < 1.29 is 9.47 Å². The molecule has 3 heterocycles. The second-order valence-electron chi connectivity index (χ2n) is 5.74. The van der Waals surface area contributed by atoms with Gasteiger partial charge >= 0.3 is 0 Å². The maximum atomic E-state index is 6.25. The molecule has 0 saturated heterocycles. The SMILES string of the molecule is CCn1c(SCc2cc(Cl)cc3c2OCOC3)nnc1-c1cccnc1. The van der Waals surface area contributed by atoms with E-state index >= 15 is 0 Å². The highest BCUT2D eigenvalue weighted by molar-refractivity contribution is 7.98. The van der Waals surface area contributed by atoms with Crippen LogP contribution in [0.3, 0.4) is 0 Å². The number of fused-ring (bicyclic) bond motifs is 1. The third-order valence-corrected chi connectivity index (χ3v) is 5.30. The van der Waals surface area contributed by atoms with Crippen molar-refractivity contribution in [1.82, 2.24) is 19.7 Å². The third-order valence-electron chi connectivity index (χ3n) is 4.06. The zero-order valence-corrected chi connectivity index (χ0v) is 15.8. The molecule has 1 aromatic carbocycles. The van der Waals surface area contributed by atoms with Crippen LogP contribution in [0.2, 0.25) is 5.02 Å². The maximum Gasteiger partial charge on any atom is 0.191 e. The average molecular weight is 389 g/mol. The predicted molar refractivity (Wildman–Crippen MR) is 100 cm³/mol. The molecule has 0 aliphatic carbocycles. The molecule has 3 aromatic rings. The van der Waals surface area contributed by atoms with Gasteiger partial charge in [0.15, 0.2) is 17.8 Å². The van der Waals surface area contributed by atoms with Gasteiger partial charge in [-0.2, -0.15) is 0 Å². The number of rotatable bonds is 5. The first-order valence-corrected chi connectivity index (χ1v) is 9.61. The van der Waals surface area contributed by atoms with Crippen molar-refractivity contribution in [3.8, 4) is 17.1 Å². The number of halogens is 1. The first-order valence-electron chi connectivity index (χ1n) is 8.24. The summed E-state index contributed by atoms with van der Waals surface area (Å²) in [6.45, 7) is 3.64. The van der Waals surface area contributed by atoms with Gasteiger partial charge in [0.25, 0.3) is 0 Å². The maximum absolute atomic E-state index is 6.25. The number of aromatic nitrogens is 4. The fourth-order valence-electron chi connectivity index (χ4n) is 2.90. The van der Waals surface area contributed by atoms with Gasteiger partial charge in [0.2, 0.25) is 0 Å². The van der Waals surface area contributed by atoms with Crippen LogP contribution in [0.1, 0.15) is 18.1 Å². The molecule has 0 spiro atoms. The van der Waals surface area contributed by atoms with E-state index in [1.165, 1.54) is 0 Å². The summed E-state index contributed by atoms with van der Waals surface area (Å²) < 4.78 is 13.1. The molecule has 0 fully saturated rings. The van der Waals surface area contributed by atoms with Crippen LogP contribution < -0.4 is 4.74 Å². The van der Waals surface area contributed by atoms with Gasteiger partial charge in [0, 0.05) is 46.4 Å². The Bertz CT molecular complexity index is 917. The lowest BCUT2D eigenvalue weighted by molar-refractivity contribution is -0.0168. The highest BCUT2D eigenvalue weighted by Gasteiger charge is 2.18. The quantitative estimate of drug-likeness (QED) is 0.611. The third kappa shape index (κ3) is 3.42. The monoisotopic (exact) mass is 388 g/mol. The molecule has 1 aliphatic heterocycles. The van der Waals surface area contributed by atoms with Crippen molar-refractivity contribution in [2.45, 2.75) is 31.0 Å². The molecule has 2 aromatic heterocycles. The number of pyridine rings is 1. The lowest BCUT2D eigenvalue weighted by Crippen LogP contribution is -2.13. The number of benzene rings is 1. The van der Waals surface area contributed by atoms with Gasteiger partial charge in [0.1, 0.15) is 5.75 Å². The number of hydrogen-bond acceptors (Lipinski definition) is 6. The molecule has 0 radical (unpaired) electrons. The van der Waals surface area contributed by atoms with Crippen LogP contribution in [0.4, 0.5) is 0 Å². The highest BCUT2D eigenvalue weighted by Crippen LogP contribution is 2.35. The average Bonchev–Trinajstić information content (AvgIpc) is 3.09. The molecule has 0 atom stereocenters. The van der Waals surface area contributed by atoms with E-state index in [2.05, 4.69) is 26.7 Å². The zero-order valence-electron chi connectivity index (χ0n) is 14.2. The van der Waals surface area contributed by atoms with Crippen LogP contribution in [0.25, 0.3) is 11.4 Å². The molecule has 0 amide bonds. The summed E-state index contributed by atoms with van der Waals surface area (Å²) in [4.78, 5) is 4.17. The largest absolute Gasteiger partial charge is 0.467 e. The molecule has 4 rings (SSSR count). The summed E-state index contributed by atoms with van der Waals surface area (Å²) >= 11 is 7.86. The van der Waals surface area contributed by atoms with Crippen LogP contribution in [-0.2, 0) is 23.6 Å². The van der Waals surface area contributed by atoms with E-state index in [4.69, 9.17) is 21.1 Å². The molecule has 1 aliphatic rings. The van der Waals surface area contributed by atoms with Crippen LogP contribution >= 0.6 is 23.4 Å². The summed E-state index contributed by atoms with van der Waals surface area (Å²) in [6.07, 6.45) is 3.55. The minimum atomic E-state index is 0.266. The number of ether oxygens (including phenoxy) is 2. The van der Waals surface area contributed by atoms with Crippen molar-refractivity contribution in [3.63, 3.8) is 0 Å². The first-order chi connectivity index (χ1) is 12.8. The summed E-state index contributed by atoms with van der Waals surface area (Å²) in [5.41, 5.74) is 2.97. The molecule has 0 saturated carbocycles. The van der Waals surface area contributed by atoms with Crippen molar-refractivity contribution in [1.29, 1.82) is 0 Å². The van der Waals surface area contributed by atoms with Gasteiger partial charge in [-0.3, -0.25) is 4.98 Å². The Morgan fingerprint density at radius 1 is 1.31 bits per heavy atom. The number of hydrogen-bond donors (Lipinski definition) is 0. The summed E-state index contributed by atoms with van der Waals surface area (Å²) in [5.74, 6) is 2.37. The predicted octanol–water partition coefficient (Wildman–Crippen LogP) is 4.17. The Kier molecular flexibility index (Phi) is 5.10. The van der Waals surface area contributed by atoms with Crippen molar-refractivity contribution in [2.75, 3.05) is 6.79 Å². The van der Waals surface area contributed by atoms with E-state index in [0.29, 0.717) is 17.4 Å². The second-order valence-corrected chi connectivity index (χ2v) is 7.12. The molecule has 0 N–H and O–H groups in total. The van der Waals surface area contributed by atoms with E-state index in [-0.39, 0.29) is 6.79 Å². The highest BCUT2D eigenvalue weighted by atomic mass is 35.5.